The van der Waals surface area contributed by atoms with Gasteiger partial charge in [0, 0.05) is 44.2 Å². The van der Waals surface area contributed by atoms with Gasteiger partial charge < -0.3 is 14.8 Å². The van der Waals surface area contributed by atoms with E-state index < -0.39 is 26.8 Å². The van der Waals surface area contributed by atoms with Crippen molar-refractivity contribution in [3.63, 3.8) is 0 Å². The van der Waals surface area contributed by atoms with Crippen molar-refractivity contribution in [3.05, 3.63) is 48.0 Å². The number of pyridine rings is 1. The SMILES string of the molecule is COc1cc(F)c(S(=O)(=O)N2CCNCC2c2cccnc2)cc1OC.Cl. The van der Waals surface area contributed by atoms with E-state index in [4.69, 9.17) is 9.47 Å². The smallest absolute Gasteiger partial charge is 0.246 e. The van der Waals surface area contributed by atoms with E-state index in [0.29, 0.717) is 13.1 Å². The standard InChI is InChI=1S/C17H20FN3O4S.ClH/c1-24-15-8-13(18)17(9-16(15)25-2)26(22,23)21-7-6-20-11-14(21)12-4-3-5-19-10-12;/h3-5,8-10,14,20H,6-7,11H2,1-2H3;1H. The summed E-state index contributed by atoms with van der Waals surface area (Å²) in [7, 11) is -1.36. The summed E-state index contributed by atoms with van der Waals surface area (Å²) in [4.78, 5) is 3.62. The highest BCUT2D eigenvalue weighted by molar-refractivity contribution is 7.89. The molecule has 2 aromatic rings. The van der Waals surface area contributed by atoms with Crippen molar-refractivity contribution in [1.82, 2.24) is 14.6 Å². The molecule has 1 saturated heterocycles. The Morgan fingerprint density at radius 2 is 1.96 bits per heavy atom. The summed E-state index contributed by atoms with van der Waals surface area (Å²) in [6.07, 6.45) is 3.23. The van der Waals surface area contributed by atoms with Crippen LogP contribution in [0.3, 0.4) is 0 Å². The maximum Gasteiger partial charge on any atom is 0.246 e. The van der Waals surface area contributed by atoms with E-state index in [9.17, 15) is 12.8 Å². The van der Waals surface area contributed by atoms with E-state index in [-0.39, 0.29) is 30.5 Å². The molecule has 148 valence electrons. The Morgan fingerprint density at radius 3 is 2.59 bits per heavy atom. The van der Waals surface area contributed by atoms with Gasteiger partial charge in [-0.25, -0.2) is 12.8 Å². The molecule has 2 heterocycles. The van der Waals surface area contributed by atoms with Gasteiger partial charge in [0.2, 0.25) is 10.0 Å². The molecule has 3 rings (SSSR count). The first-order valence-corrected chi connectivity index (χ1v) is 9.47. The Kier molecular flexibility index (Phi) is 6.99. The lowest BCUT2D eigenvalue weighted by Crippen LogP contribution is -2.48. The van der Waals surface area contributed by atoms with Crippen molar-refractivity contribution < 1.29 is 22.3 Å². The minimum absolute atomic E-state index is 0. The molecule has 0 spiro atoms. The van der Waals surface area contributed by atoms with Crippen LogP contribution in [-0.4, -0.2) is 51.6 Å². The summed E-state index contributed by atoms with van der Waals surface area (Å²) >= 11 is 0. The highest BCUT2D eigenvalue weighted by Crippen LogP contribution is 2.35. The lowest BCUT2D eigenvalue weighted by atomic mass is 10.1. The molecule has 0 amide bonds. The molecule has 1 aromatic heterocycles. The first-order valence-electron chi connectivity index (χ1n) is 8.03. The number of benzene rings is 1. The number of aromatic nitrogens is 1. The first kappa shape index (κ1) is 21.4. The minimum atomic E-state index is -4.09. The summed E-state index contributed by atoms with van der Waals surface area (Å²) in [5.41, 5.74) is 0.740. The fraction of sp³-hybridized carbons (Fsp3) is 0.353. The number of rotatable bonds is 5. The third kappa shape index (κ3) is 4.16. The second kappa shape index (κ2) is 8.83. The number of nitrogens with zero attached hydrogens (tertiary/aromatic N) is 2. The monoisotopic (exact) mass is 417 g/mol. The summed E-state index contributed by atoms with van der Waals surface area (Å²) < 4.78 is 52.4. The summed E-state index contributed by atoms with van der Waals surface area (Å²) in [6, 6.07) is 5.25. The Morgan fingerprint density at radius 1 is 1.26 bits per heavy atom. The van der Waals surface area contributed by atoms with E-state index in [1.54, 1.807) is 24.5 Å². The van der Waals surface area contributed by atoms with Gasteiger partial charge in [0.15, 0.2) is 11.5 Å². The molecule has 7 nitrogen and oxygen atoms in total. The van der Waals surface area contributed by atoms with Crippen LogP contribution in [0.15, 0.2) is 41.6 Å². The summed E-state index contributed by atoms with van der Waals surface area (Å²) in [5, 5.41) is 3.17. The third-order valence-electron chi connectivity index (χ3n) is 4.29. The zero-order chi connectivity index (χ0) is 18.7. The molecule has 0 radical (unpaired) electrons. The van der Waals surface area contributed by atoms with Gasteiger partial charge in [0.05, 0.1) is 20.3 Å². The van der Waals surface area contributed by atoms with Crippen LogP contribution in [0.5, 0.6) is 11.5 Å². The Balaban J connectivity index is 0.00000261. The predicted octanol–water partition coefficient (Wildman–Crippen LogP) is 1.99. The molecular weight excluding hydrogens is 397 g/mol. The Hall–Kier alpha value is -1.94. The van der Waals surface area contributed by atoms with Gasteiger partial charge in [-0.3, -0.25) is 4.98 Å². The normalized spacial score (nSPS) is 17.8. The zero-order valence-corrected chi connectivity index (χ0v) is 16.5. The molecule has 0 aliphatic carbocycles. The van der Waals surface area contributed by atoms with Crippen molar-refractivity contribution in [2.75, 3.05) is 33.9 Å². The van der Waals surface area contributed by atoms with Crippen molar-refractivity contribution >= 4 is 22.4 Å². The van der Waals surface area contributed by atoms with E-state index in [1.165, 1.54) is 18.5 Å². The lowest BCUT2D eigenvalue weighted by Gasteiger charge is -2.35. The van der Waals surface area contributed by atoms with Gasteiger partial charge in [-0.2, -0.15) is 4.31 Å². The van der Waals surface area contributed by atoms with Crippen LogP contribution in [0.25, 0.3) is 0 Å². The topological polar surface area (TPSA) is 80.8 Å². The minimum Gasteiger partial charge on any atom is -0.493 e. The van der Waals surface area contributed by atoms with Crippen LogP contribution >= 0.6 is 12.4 Å². The quantitative estimate of drug-likeness (QED) is 0.801. The van der Waals surface area contributed by atoms with Gasteiger partial charge in [-0.05, 0) is 11.6 Å². The predicted molar refractivity (Wildman–Crippen MR) is 100 cm³/mol. The van der Waals surface area contributed by atoms with E-state index >= 15 is 0 Å². The molecule has 1 fully saturated rings. The average molecular weight is 418 g/mol. The van der Waals surface area contributed by atoms with Gasteiger partial charge in [-0.1, -0.05) is 6.07 Å². The van der Waals surface area contributed by atoms with Crippen LogP contribution < -0.4 is 14.8 Å². The number of hydrogen-bond acceptors (Lipinski definition) is 6. The number of methoxy groups -OCH3 is 2. The maximum atomic E-state index is 14.6. The van der Waals surface area contributed by atoms with Crippen LogP contribution in [-0.2, 0) is 10.0 Å². The van der Waals surface area contributed by atoms with Gasteiger partial charge >= 0.3 is 0 Å². The number of piperazine rings is 1. The van der Waals surface area contributed by atoms with Crippen molar-refractivity contribution in [1.29, 1.82) is 0 Å². The number of sulfonamides is 1. The van der Waals surface area contributed by atoms with Crippen LogP contribution in [0.4, 0.5) is 4.39 Å². The molecule has 1 aliphatic heterocycles. The molecule has 1 N–H and O–H groups in total. The number of ether oxygens (including phenoxy) is 2. The molecule has 0 saturated carbocycles. The molecule has 10 heteroatoms. The molecule has 1 aliphatic rings. The lowest BCUT2D eigenvalue weighted by molar-refractivity contribution is 0.270. The van der Waals surface area contributed by atoms with Crippen LogP contribution in [0, 0.1) is 5.82 Å². The second-order valence-corrected chi connectivity index (χ2v) is 7.62. The molecule has 0 bridgehead atoms. The fourth-order valence-corrected chi connectivity index (χ4v) is 4.67. The Labute approximate surface area is 164 Å². The molecule has 1 unspecified atom stereocenters. The van der Waals surface area contributed by atoms with E-state index in [1.807, 2.05) is 0 Å². The highest BCUT2D eigenvalue weighted by atomic mass is 35.5. The van der Waals surface area contributed by atoms with Gasteiger partial charge in [-0.15, -0.1) is 12.4 Å². The first-order chi connectivity index (χ1) is 12.5. The maximum absolute atomic E-state index is 14.6. The Bertz CT molecular complexity index is 883. The summed E-state index contributed by atoms with van der Waals surface area (Å²) in [5.74, 6) is -0.597. The zero-order valence-electron chi connectivity index (χ0n) is 14.9. The fourth-order valence-electron chi connectivity index (χ4n) is 2.99. The molecule has 1 atom stereocenters. The number of halogens is 2. The van der Waals surface area contributed by atoms with Crippen molar-refractivity contribution in [2.45, 2.75) is 10.9 Å². The van der Waals surface area contributed by atoms with Gasteiger partial charge in [0.25, 0.3) is 0 Å². The molecular formula is C17H21ClFN3O4S. The van der Waals surface area contributed by atoms with Crippen molar-refractivity contribution in [2.24, 2.45) is 0 Å². The van der Waals surface area contributed by atoms with E-state index in [2.05, 4.69) is 10.3 Å². The second-order valence-electron chi connectivity index (χ2n) is 5.76. The summed E-state index contributed by atoms with van der Waals surface area (Å²) in [6.45, 7) is 1.11. The van der Waals surface area contributed by atoms with Gasteiger partial charge in [0.1, 0.15) is 10.7 Å². The van der Waals surface area contributed by atoms with Crippen LogP contribution in [0.1, 0.15) is 11.6 Å². The van der Waals surface area contributed by atoms with E-state index in [0.717, 1.165) is 17.7 Å². The molecule has 1 aromatic carbocycles. The molecule has 27 heavy (non-hydrogen) atoms. The third-order valence-corrected chi connectivity index (χ3v) is 6.21. The largest absolute Gasteiger partial charge is 0.493 e. The average Bonchev–Trinajstić information content (AvgIpc) is 2.68. The number of nitrogens with one attached hydrogen (secondary N) is 1. The van der Waals surface area contributed by atoms with Crippen LogP contribution in [0.2, 0.25) is 0 Å². The highest BCUT2D eigenvalue weighted by Gasteiger charge is 2.36. The number of hydrogen-bond donors (Lipinski definition) is 1. The van der Waals surface area contributed by atoms with Crippen molar-refractivity contribution in [3.8, 4) is 11.5 Å².